The number of anilines is 2. The third kappa shape index (κ3) is 7.65. The van der Waals surface area contributed by atoms with Crippen molar-refractivity contribution in [2.24, 2.45) is 0 Å². The maximum Gasteiger partial charge on any atom is 0.257 e. The molecule has 3 aromatic carbocycles. The minimum Gasteiger partial charge on any atom is -0.491 e. The van der Waals surface area contributed by atoms with Gasteiger partial charge in [0.2, 0.25) is 0 Å². The molecule has 0 heterocycles. The van der Waals surface area contributed by atoms with Gasteiger partial charge in [-0.25, -0.2) is 0 Å². The fourth-order valence-electron chi connectivity index (χ4n) is 3.30. The average Bonchev–Trinajstić information content (AvgIpc) is 2.85. The number of benzene rings is 3. The Bertz CT molecular complexity index is 1200. The van der Waals surface area contributed by atoms with E-state index in [-0.39, 0.29) is 28.4 Å². The molecule has 0 unspecified atom stereocenters. The lowest BCUT2D eigenvalue weighted by Gasteiger charge is -2.19. The molecule has 3 N–H and O–H groups in total. The first-order valence-corrected chi connectivity index (χ1v) is 12.4. The monoisotopic (exact) mass is 503 g/mol. The van der Waals surface area contributed by atoms with Crippen LogP contribution in [0.25, 0.3) is 0 Å². The Morgan fingerprint density at radius 1 is 0.806 bits per heavy atom. The van der Waals surface area contributed by atoms with Gasteiger partial charge in [-0.05, 0) is 97.2 Å². The molecule has 2 amide bonds. The number of amides is 2. The quantitative estimate of drug-likeness (QED) is 0.319. The number of nitrogens with one attached hydrogen (secondary N) is 3. The van der Waals surface area contributed by atoms with E-state index in [1.54, 1.807) is 48.5 Å². The average molecular weight is 504 g/mol. The molecule has 6 nitrogen and oxygen atoms in total. The predicted octanol–water partition coefficient (Wildman–Crippen LogP) is 6.54. The molecule has 0 bridgehead atoms. The third-order valence-electron chi connectivity index (χ3n) is 5.67. The highest BCUT2D eigenvalue weighted by atomic mass is 32.1. The van der Waals surface area contributed by atoms with E-state index in [4.69, 9.17) is 17.0 Å². The lowest BCUT2D eigenvalue weighted by molar-refractivity contribution is 0.0976. The van der Waals surface area contributed by atoms with Gasteiger partial charge in [0.25, 0.3) is 11.8 Å². The molecule has 3 rings (SSSR count). The molecular formula is C29H33N3O3S. The zero-order chi connectivity index (χ0) is 26.3. The second kappa shape index (κ2) is 11.8. The van der Waals surface area contributed by atoms with E-state index in [0.717, 1.165) is 12.2 Å². The number of thiocarbonyl (C=S) groups is 1. The van der Waals surface area contributed by atoms with Gasteiger partial charge in [-0.15, -0.1) is 0 Å². The highest BCUT2D eigenvalue weighted by Crippen LogP contribution is 2.23. The van der Waals surface area contributed by atoms with E-state index in [9.17, 15) is 9.59 Å². The SMILES string of the molecule is CC[C@@H](C)Oc1ccc(C(=O)NC(=S)Nc2ccc(NC(=O)c3ccc(C(C)(C)C)cc3)cc2)cc1. The summed E-state index contributed by atoms with van der Waals surface area (Å²) in [5.41, 5.74) is 3.61. The molecule has 36 heavy (non-hydrogen) atoms. The Labute approximate surface area is 218 Å². The molecule has 0 aromatic heterocycles. The third-order valence-corrected chi connectivity index (χ3v) is 5.87. The van der Waals surface area contributed by atoms with Gasteiger partial charge in [-0.2, -0.15) is 0 Å². The topological polar surface area (TPSA) is 79.5 Å². The summed E-state index contributed by atoms with van der Waals surface area (Å²) in [4.78, 5) is 25.1. The van der Waals surface area contributed by atoms with Crippen molar-refractivity contribution < 1.29 is 14.3 Å². The Balaban J connectivity index is 1.51. The molecule has 0 saturated heterocycles. The smallest absolute Gasteiger partial charge is 0.257 e. The lowest BCUT2D eigenvalue weighted by Crippen LogP contribution is -2.34. The van der Waals surface area contributed by atoms with Crippen molar-refractivity contribution in [2.45, 2.75) is 52.6 Å². The first kappa shape index (κ1) is 26.9. The normalized spacial score (nSPS) is 11.8. The molecule has 0 aliphatic rings. The molecule has 188 valence electrons. The van der Waals surface area contributed by atoms with Gasteiger partial charge in [0.05, 0.1) is 6.10 Å². The van der Waals surface area contributed by atoms with Crippen LogP contribution in [0.4, 0.5) is 11.4 Å². The summed E-state index contributed by atoms with van der Waals surface area (Å²) >= 11 is 5.28. The van der Waals surface area contributed by atoms with Crippen LogP contribution in [0.3, 0.4) is 0 Å². The summed E-state index contributed by atoms with van der Waals surface area (Å²) in [5, 5.41) is 8.72. The van der Waals surface area contributed by atoms with E-state index < -0.39 is 0 Å². The van der Waals surface area contributed by atoms with Gasteiger partial charge in [0, 0.05) is 22.5 Å². The fourth-order valence-corrected chi connectivity index (χ4v) is 3.51. The second-order valence-electron chi connectivity index (χ2n) is 9.63. The van der Waals surface area contributed by atoms with Crippen LogP contribution in [0.5, 0.6) is 5.75 Å². The molecule has 0 saturated carbocycles. The minimum atomic E-state index is -0.316. The number of carbonyl (C=O) groups is 2. The zero-order valence-electron chi connectivity index (χ0n) is 21.3. The largest absolute Gasteiger partial charge is 0.491 e. The highest BCUT2D eigenvalue weighted by molar-refractivity contribution is 7.80. The fraction of sp³-hybridized carbons (Fsp3) is 0.276. The molecule has 0 spiro atoms. The van der Waals surface area contributed by atoms with E-state index in [0.29, 0.717) is 22.5 Å². The van der Waals surface area contributed by atoms with Crippen molar-refractivity contribution in [3.63, 3.8) is 0 Å². The summed E-state index contributed by atoms with van der Waals surface area (Å²) in [6.45, 7) is 10.5. The van der Waals surface area contributed by atoms with Crippen molar-refractivity contribution >= 4 is 40.5 Å². The van der Waals surface area contributed by atoms with Crippen molar-refractivity contribution in [1.82, 2.24) is 5.32 Å². The zero-order valence-corrected chi connectivity index (χ0v) is 22.2. The van der Waals surface area contributed by atoms with Gasteiger partial charge >= 0.3 is 0 Å². The summed E-state index contributed by atoms with van der Waals surface area (Å²) in [6, 6.07) is 21.6. The van der Waals surface area contributed by atoms with Crippen molar-refractivity contribution in [3.8, 4) is 5.75 Å². The molecule has 3 aromatic rings. The number of ether oxygens (including phenoxy) is 1. The van der Waals surface area contributed by atoms with Crippen molar-refractivity contribution in [3.05, 3.63) is 89.5 Å². The molecule has 0 fully saturated rings. The Hall–Kier alpha value is -3.71. The van der Waals surface area contributed by atoms with Gasteiger partial charge in [0.15, 0.2) is 5.11 Å². The highest BCUT2D eigenvalue weighted by Gasteiger charge is 2.14. The van der Waals surface area contributed by atoms with Crippen LogP contribution in [-0.2, 0) is 5.41 Å². The number of hydrogen-bond acceptors (Lipinski definition) is 4. The summed E-state index contributed by atoms with van der Waals surface area (Å²) in [5.74, 6) is 0.221. The number of rotatable bonds is 7. The van der Waals surface area contributed by atoms with Crippen LogP contribution in [0, 0.1) is 0 Å². The van der Waals surface area contributed by atoms with Crippen LogP contribution in [-0.4, -0.2) is 23.0 Å². The number of carbonyl (C=O) groups excluding carboxylic acids is 2. The summed E-state index contributed by atoms with van der Waals surface area (Å²) in [6.07, 6.45) is 1.02. The molecule has 7 heteroatoms. The first-order valence-electron chi connectivity index (χ1n) is 12.0. The van der Waals surface area contributed by atoms with E-state index in [1.807, 2.05) is 31.2 Å². The molecule has 0 aliphatic heterocycles. The molecule has 0 aliphatic carbocycles. The van der Waals surface area contributed by atoms with Crippen LogP contribution < -0.4 is 20.7 Å². The standard InChI is InChI=1S/C29H33N3O3S/c1-6-19(2)35-25-17-9-21(10-18-25)27(34)32-28(36)31-24-15-13-23(14-16-24)30-26(33)20-7-11-22(12-8-20)29(3,4)5/h7-19H,6H2,1-5H3,(H,30,33)(H2,31,32,34,36)/t19-/m1/s1. The van der Waals surface area contributed by atoms with Crippen molar-refractivity contribution in [1.29, 1.82) is 0 Å². The summed E-state index contributed by atoms with van der Waals surface area (Å²) < 4.78 is 5.74. The molecule has 0 radical (unpaired) electrons. The second-order valence-corrected chi connectivity index (χ2v) is 10.0. The van der Waals surface area contributed by atoms with Crippen LogP contribution in [0.2, 0.25) is 0 Å². The Morgan fingerprint density at radius 3 is 1.83 bits per heavy atom. The predicted molar refractivity (Wildman–Crippen MR) is 150 cm³/mol. The maximum atomic E-state index is 12.6. The van der Waals surface area contributed by atoms with Gasteiger partial charge in [-0.3, -0.25) is 14.9 Å². The minimum absolute atomic E-state index is 0.0323. The molecular weight excluding hydrogens is 470 g/mol. The van der Waals surface area contributed by atoms with Crippen molar-refractivity contribution in [2.75, 3.05) is 10.6 Å². The van der Waals surface area contributed by atoms with Gasteiger partial charge in [0.1, 0.15) is 5.75 Å². The van der Waals surface area contributed by atoms with Crippen LogP contribution in [0.15, 0.2) is 72.8 Å². The van der Waals surface area contributed by atoms with Crippen LogP contribution in [0.1, 0.15) is 67.3 Å². The van der Waals surface area contributed by atoms with Crippen LogP contribution >= 0.6 is 12.2 Å². The van der Waals surface area contributed by atoms with E-state index >= 15 is 0 Å². The maximum absolute atomic E-state index is 12.6. The Morgan fingerprint density at radius 2 is 1.31 bits per heavy atom. The lowest BCUT2D eigenvalue weighted by atomic mass is 9.87. The van der Waals surface area contributed by atoms with Gasteiger partial charge in [-0.1, -0.05) is 39.8 Å². The molecule has 1 atom stereocenters. The first-order chi connectivity index (χ1) is 17.0. The van der Waals surface area contributed by atoms with Gasteiger partial charge < -0.3 is 15.4 Å². The number of hydrogen-bond donors (Lipinski definition) is 3. The summed E-state index contributed by atoms with van der Waals surface area (Å²) in [7, 11) is 0. The van der Waals surface area contributed by atoms with E-state index in [1.165, 1.54) is 5.56 Å². The Kier molecular flexibility index (Phi) is 8.83. The van der Waals surface area contributed by atoms with E-state index in [2.05, 4.69) is 43.6 Å².